The molecule has 2 rings (SSSR count). The molecule has 2 aromatic carbocycles. The molecule has 0 aromatic heterocycles. The first-order valence-electron chi connectivity index (χ1n) is 9.36. The first-order chi connectivity index (χ1) is 12.7. The first kappa shape index (κ1) is 21.2. The van der Waals surface area contributed by atoms with Crippen molar-refractivity contribution >= 4 is 15.7 Å². The average molecular weight is 388 g/mol. The highest BCUT2D eigenvalue weighted by Gasteiger charge is 2.16. The second kappa shape index (κ2) is 9.18. The van der Waals surface area contributed by atoms with E-state index in [0.717, 1.165) is 29.5 Å². The van der Waals surface area contributed by atoms with E-state index in [1.165, 1.54) is 0 Å². The lowest BCUT2D eigenvalue weighted by Crippen LogP contribution is -2.30. The summed E-state index contributed by atoms with van der Waals surface area (Å²) in [4.78, 5) is 12.1. The van der Waals surface area contributed by atoms with Crippen LogP contribution in [-0.2, 0) is 28.4 Å². The molecule has 0 bridgehead atoms. The molecular weight excluding hydrogens is 358 g/mol. The minimum absolute atomic E-state index is 0.0532. The third-order valence-electron chi connectivity index (χ3n) is 4.42. The first-order valence-corrected chi connectivity index (χ1v) is 11.1. The van der Waals surface area contributed by atoms with E-state index in [1.807, 2.05) is 62.4 Å². The van der Waals surface area contributed by atoms with E-state index in [0.29, 0.717) is 5.56 Å². The quantitative estimate of drug-likeness (QED) is 0.746. The smallest absolute Gasteiger partial charge is 0.251 e. The molecule has 0 unspecified atom stereocenters. The highest BCUT2D eigenvalue weighted by molar-refractivity contribution is 7.91. The van der Waals surface area contributed by atoms with Crippen LogP contribution in [0.25, 0.3) is 0 Å². The van der Waals surface area contributed by atoms with Crippen molar-refractivity contribution in [1.82, 2.24) is 5.32 Å². The Balaban J connectivity index is 1.98. The predicted octanol–water partition coefficient (Wildman–Crippen LogP) is 3.93. The molecule has 0 radical (unpaired) electrons. The maximum absolute atomic E-state index is 12.1. The van der Waals surface area contributed by atoms with Crippen LogP contribution in [0.15, 0.2) is 48.5 Å². The zero-order chi connectivity index (χ0) is 20.0. The molecule has 0 aliphatic rings. The summed E-state index contributed by atoms with van der Waals surface area (Å²) in [5.74, 6) is 0.0281. The van der Waals surface area contributed by atoms with Crippen molar-refractivity contribution in [3.8, 4) is 0 Å². The van der Waals surface area contributed by atoms with E-state index in [4.69, 9.17) is 0 Å². The number of aryl methyl sites for hydroxylation is 2. The topological polar surface area (TPSA) is 63.2 Å². The number of rotatable bonds is 8. The summed E-state index contributed by atoms with van der Waals surface area (Å²) in [5.41, 5.74) is 3.76. The summed E-state index contributed by atoms with van der Waals surface area (Å²) in [7, 11) is -3.08. The fraction of sp³-hybridized carbons (Fsp3) is 0.409. The van der Waals surface area contributed by atoms with Crippen molar-refractivity contribution in [3.05, 3.63) is 70.8 Å². The van der Waals surface area contributed by atoms with Crippen molar-refractivity contribution in [2.75, 3.05) is 0 Å². The number of carbonyl (C=O) groups excluding carboxylic acids is 1. The molecule has 0 saturated carbocycles. The Morgan fingerprint density at radius 1 is 0.889 bits per heavy atom. The van der Waals surface area contributed by atoms with Crippen molar-refractivity contribution < 1.29 is 13.2 Å². The SMILES string of the molecule is CC(C)NC(=O)c1cccc(CCc2ccc(CS(=O)(=O)C(C)C)cc2)c1. The summed E-state index contributed by atoms with van der Waals surface area (Å²) in [6.07, 6.45) is 1.67. The Labute approximate surface area is 162 Å². The van der Waals surface area contributed by atoms with Gasteiger partial charge < -0.3 is 5.32 Å². The molecule has 2 aromatic rings. The minimum atomic E-state index is -3.08. The zero-order valence-corrected chi connectivity index (χ0v) is 17.3. The van der Waals surface area contributed by atoms with Crippen molar-refractivity contribution in [1.29, 1.82) is 0 Å². The number of hydrogen-bond donors (Lipinski definition) is 1. The second-order valence-corrected chi connectivity index (χ2v) is 10.1. The molecule has 1 amide bonds. The fourth-order valence-electron chi connectivity index (χ4n) is 2.70. The van der Waals surface area contributed by atoms with Gasteiger partial charge in [0.15, 0.2) is 9.84 Å². The lowest BCUT2D eigenvalue weighted by Gasteiger charge is -2.10. The molecule has 0 heterocycles. The monoisotopic (exact) mass is 387 g/mol. The highest BCUT2D eigenvalue weighted by atomic mass is 32.2. The van der Waals surface area contributed by atoms with Crippen LogP contribution in [0, 0.1) is 0 Å². The van der Waals surface area contributed by atoms with Crippen LogP contribution in [0.2, 0.25) is 0 Å². The molecule has 1 N–H and O–H groups in total. The Morgan fingerprint density at radius 3 is 2.07 bits per heavy atom. The standard InChI is InChI=1S/C22H29NO3S/c1-16(2)23-22(24)21-7-5-6-19(14-21)11-8-18-9-12-20(13-10-18)15-27(25,26)17(3)4/h5-7,9-10,12-14,16-17H,8,11,15H2,1-4H3,(H,23,24). The van der Waals surface area contributed by atoms with Gasteiger partial charge >= 0.3 is 0 Å². The normalized spacial score (nSPS) is 11.8. The molecule has 27 heavy (non-hydrogen) atoms. The van der Waals surface area contributed by atoms with E-state index in [2.05, 4.69) is 5.32 Å². The van der Waals surface area contributed by atoms with Gasteiger partial charge in [0.1, 0.15) is 0 Å². The lowest BCUT2D eigenvalue weighted by molar-refractivity contribution is 0.0943. The van der Waals surface area contributed by atoms with Gasteiger partial charge in [-0.05, 0) is 69.4 Å². The van der Waals surface area contributed by atoms with Gasteiger partial charge in [-0.1, -0.05) is 36.4 Å². The Morgan fingerprint density at radius 2 is 1.48 bits per heavy atom. The average Bonchev–Trinajstić information content (AvgIpc) is 2.60. The largest absolute Gasteiger partial charge is 0.350 e. The van der Waals surface area contributed by atoms with Crippen LogP contribution in [0.4, 0.5) is 0 Å². The number of amides is 1. The Kier molecular flexibility index (Phi) is 7.19. The highest BCUT2D eigenvalue weighted by Crippen LogP contribution is 2.14. The van der Waals surface area contributed by atoms with Crippen LogP contribution in [0.1, 0.15) is 54.7 Å². The van der Waals surface area contributed by atoms with Gasteiger partial charge in [0, 0.05) is 11.6 Å². The van der Waals surface area contributed by atoms with E-state index in [-0.39, 0.29) is 23.0 Å². The number of nitrogens with one attached hydrogen (secondary N) is 1. The second-order valence-electron chi connectivity index (χ2n) is 7.50. The van der Waals surface area contributed by atoms with E-state index in [1.54, 1.807) is 13.8 Å². The number of benzene rings is 2. The molecule has 0 saturated heterocycles. The summed E-state index contributed by atoms with van der Waals surface area (Å²) < 4.78 is 24.0. The van der Waals surface area contributed by atoms with Crippen LogP contribution in [0.3, 0.4) is 0 Å². The zero-order valence-electron chi connectivity index (χ0n) is 16.5. The fourth-order valence-corrected chi connectivity index (χ4v) is 3.69. The maximum Gasteiger partial charge on any atom is 0.251 e. The van der Waals surface area contributed by atoms with Gasteiger partial charge in [0.25, 0.3) is 5.91 Å². The number of carbonyl (C=O) groups is 1. The van der Waals surface area contributed by atoms with Gasteiger partial charge in [-0.15, -0.1) is 0 Å². The van der Waals surface area contributed by atoms with Crippen molar-refractivity contribution in [2.45, 2.75) is 57.6 Å². The van der Waals surface area contributed by atoms with E-state index in [9.17, 15) is 13.2 Å². The molecule has 0 spiro atoms. The summed E-state index contributed by atoms with van der Waals surface area (Å²) in [6.45, 7) is 7.30. The van der Waals surface area contributed by atoms with E-state index < -0.39 is 9.84 Å². The summed E-state index contributed by atoms with van der Waals surface area (Å²) in [6, 6.07) is 15.6. The number of hydrogen-bond acceptors (Lipinski definition) is 3. The summed E-state index contributed by atoms with van der Waals surface area (Å²) in [5, 5.41) is 2.54. The molecule has 0 aliphatic carbocycles. The van der Waals surface area contributed by atoms with Crippen molar-refractivity contribution in [2.24, 2.45) is 0 Å². The maximum atomic E-state index is 12.1. The van der Waals surface area contributed by atoms with Crippen molar-refractivity contribution in [3.63, 3.8) is 0 Å². The third-order valence-corrected chi connectivity index (χ3v) is 6.59. The van der Waals surface area contributed by atoms with E-state index >= 15 is 0 Å². The third kappa shape index (κ3) is 6.51. The molecule has 0 atom stereocenters. The van der Waals surface area contributed by atoms with Gasteiger partial charge in [0.2, 0.25) is 0 Å². The van der Waals surface area contributed by atoms with Gasteiger partial charge in [-0.2, -0.15) is 0 Å². The minimum Gasteiger partial charge on any atom is -0.350 e. The lowest BCUT2D eigenvalue weighted by atomic mass is 10.0. The van der Waals surface area contributed by atoms with Gasteiger partial charge in [-0.25, -0.2) is 8.42 Å². The molecule has 146 valence electrons. The molecule has 0 fully saturated rings. The van der Waals surface area contributed by atoms with Crippen LogP contribution < -0.4 is 5.32 Å². The van der Waals surface area contributed by atoms with Crippen LogP contribution in [-0.4, -0.2) is 25.6 Å². The Bertz CT molecular complexity index is 869. The molecule has 5 heteroatoms. The van der Waals surface area contributed by atoms with Crippen LogP contribution in [0.5, 0.6) is 0 Å². The van der Waals surface area contributed by atoms with Gasteiger partial charge in [-0.3, -0.25) is 4.79 Å². The molecule has 0 aliphatic heterocycles. The number of sulfone groups is 1. The Hall–Kier alpha value is -2.14. The van der Waals surface area contributed by atoms with Gasteiger partial charge in [0.05, 0.1) is 11.0 Å². The molecule has 4 nitrogen and oxygen atoms in total. The molecular formula is C22H29NO3S. The van der Waals surface area contributed by atoms with Crippen LogP contribution >= 0.6 is 0 Å². The predicted molar refractivity (Wildman–Crippen MR) is 111 cm³/mol. The summed E-state index contributed by atoms with van der Waals surface area (Å²) >= 11 is 0.